The van der Waals surface area contributed by atoms with Crippen LogP contribution in [0.5, 0.6) is 11.5 Å². The van der Waals surface area contributed by atoms with Gasteiger partial charge in [0.15, 0.2) is 17.3 Å². The summed E-state index contributed by atoms with van der Waals surface area (Å²) in [5, 5.41) is 2.87. The molecule has 0 radical (unpaired) electrons. The van der Waals surface area contributed by atoms with Gasteiger partial charge >= 0.3 is 0 Å². The molecule has 1 aliphatic rings. The zero-order chi connectivity index (χ0) is 15.5. The lowest BCUT2D eigenvalue weighted by atomic mass is 10.1. The summed E-state index contributed by atoms with van der Waals surface area (Å²) < 4.78 is 23.4. The predicted octanol–water partition coefficient (Wildman–Crippen LogP) is 4.02. The monoisotopic (exact) mass is 319 g/mol. The third kappa shape index (κ3) is 3.04. The molecular weight excluding hydrogens is 309 g/mol. The van der Waals surface area contributed by atoms with Crippen LogP contribution in [0.3, 0.4) is 0 Å². The maximum Gasteiger partial charge on any atom is 0.231 e. The van der Waals surface area contributed by atoms with Crippen LogP contribution in [-0.4, -0.2) is 12.6 Å². The first-order valence-electron chi connectivity index (χ1n) is 6.45. The van der Waals surface area contributed by atoms with Crippen LogP contribution in [0.4, 0.5) is 10.1 Å². The van der Waals surface area contributed by atoms with Gasteiger partial charge in [-0.25, -0.2) is 4.39 Å². The molecule has 0 aliphatic carbocycles. The van der Waals surface area contributed by atoms with Crippen molar-refractivity contribution in [3.05, 3.63) is 65.1 Å². The second-order valence-electron chi connectivity index (χ2n) is 4.54. The van der Waals surface area contributed by atoms with E-state index in [9.17, 15) is 9.18 Å². The highest BCUT2D eigenvalue weighted by Crippen LogP contribution is 2.32. The van der Waals surface area contributed by atoms with E-state index >= 15 is 0 Å². The molecule has 4 nitrogen and oxygen atoms in total. The lowest BCUT2D eigenvalue weighted by Gasteiger charge is -2.02. The minimum atomic E-state index is -0.493. The summed E-state index contributed by atoms with van der Waals surface area (Å²) in [7, 11) is 0. The molecule has 2 aromatic carbocycles. The average molecular weight is 320 g/mol. The number of hydrogen-bond donors (Lipinski definition) is 1. The third-order valence-corrected chi connectivity index (χ3v) is 3.35. The summed E-state index contributed by atoms with van der Waals surface area (Å²) in [6, 6.07) is 9.19. The van der Waals surface area contributed by atoms with E-state index in [1.54, 1.807) is 18.2 Å². The van der Waals surface area contributed by atoms with E-state index < -0.39 is 5.82 Å². The zero-order valence-electron chi connectivity index (χ0n) is 11.3. The van der Waals surface area contributed by atoms with Gasteiger partial charge in [-0.2, -0.15) is 0 Å². The fraction of sp³-hybridized carbons (Fsp3) is 0.0625. The van der Waals surface area contributed by atoms with Gasteiger partial charge in [0.05, 0.1) is 5.02 Å². The van der Waals surface area contributed by atoms with Crippen LogP contribution in [-0.2, 0) is 0 Å². The van der Waals surface area contributed by atoms with Crippen LogP contribution in [0.2, 0.25) is 5.02 Å². The standard InChI is InChI=1S/C16H11ClFNO3/c17-12-8-11(2-3-13(12)18)19-6-5-14(20)10-1-4-15-16(7-10)22-9-21-15/h1-8,19H,9H2. The fourth-order valence-corrected chi connectivity index (χ4v) is 2.13. The Balaban J connectivity index is 1.67. The molecule has 22 heavy (non-hydrogen) atoms. The van der Waals surface area contributed by atoms with Crippen molar-refractivity contribution in [2.24, 2.45) is 0 Å². The second-order valence-corrected chi connectivity index (χ2v) is 4.95. The number of halogens is 2. The number of allylic oxidation sites excluding steroid dienone is 1. The van der Waals surface area contributed by atoms with Gasteiger partial charge in [0.1, 0.15) is 5.82 Å². The Morgan fingerprint density at radius 1 is 1.18 bits per heavy atom. The van der Waals surface area contributed by atoms with Gasteiger partial charge in [0, 0.05) is 23.5 Å². The van der Waals surface area contributed by atoms with E-state index in [1.807, 2.05) is 0 Å². The van der Waals surface area contributed by atoms with Gasteiger partial charge in [-0.3, -0.25) is 4.79 Å². The van der Waals surface area contributed by atoms with Crippen molar-refractivity contribution in [1.29, 1.82) is 0 Å². The molecule has 0 saturated carbocycles. The molecule has 0 saturated heterocycles. The quantitative estimate of drug-likeness (QED) is 0.683. The van der Waals surface area contributed by atoms with Crippen LogP contribution < -0.4 is 14.8 Å². The molecule has 0 bridgehead atoms. The summed E-state index contributed by atoms with van der Waals surface area (Å²) in [4.78, 5) is 12.0. The lowest BCUT2D eigenvalue weighted by molar-refractivity contribution is 0.104. The molecule has 1 aliphatic heterocycles. The van der Waals surface area contributed by atoms with Crippen molar-refractivity contribution in [2.75, 3.05) is 12.1 Å². The number of hydrogen-bond acceptors (Lipinski definition) is 4. The highest BCUT2D eigenvalue weighted by atomic mass is 35.5. The Kier molecular flexibility index (Phi) is 3.98. The number of carbonyl (C=O) groups is 1. The van der Waals surface area contributed by atoms with E-state index in [-0.39, 0.29) is 17.6 Å². The van der Waals surface area contributed by atoms with Gasteiger partial charge < -0.3 is 14.8 Å². The molecule has 112 valence electrons. The molecule has 1 N–H and O–H groups in total. The van der Waals surface area contributed by atoms with E-state index in [2.05, 4.69) is 5.32 Å². The van der Waals surface area contributed by atoms with Crippen LogP contribution >= 0.6 is 11.6 Å². The predicted molar refractivity (Wildman–Crippen MR) is 81.1 cm³/mol. The Morgan fingerprint density at radius 2 is 2.00 bits per heavy atom. The number of nitrogens with one attached hydrogen (secondary N) is 1. The molecule has 0 amide bonds. The van der Waals surface area contributed by atoms with Crippen molar-refractivity contribution in [1.82, 2.24) is 0 Å². The minimum absolute atomic E-state index is 0.0143. The molecule has 1 heterocycles. The van der Waals surface area contributed by atoms with E-state index in [0.29, 0.717) is 22.7 Å². The molecular formula is C16H11ClFNO3. The maximum absolute atomic E-state index is 13.0. The Bertz CT molecular complexity index is 761. The molecule has 0 spiro atoms. The molecule has 0 unspecified atom stereocenters. The molecule has 6 heteroatoms. The van der Waals surface area contributed by atoms with Gasteiger partial charge in [-0.1, -0.05) is 11.6 Å². The second kappa shape index (κ2) is 6.07. The van der Waals surface area contributed by atoms with Gasteiger partial charge in [-0.05, 0) is 36.4 Å². The Morgan fingerprint density at radius 3 is 2.82 bits per heavy atom. The lowest BCUT2D eigenvalue weighted by Crippen LogP contribution is -1.96. The summed E-state index contributed by atoms with van der Waals surface area (Å²) in [5.74, 6) is 0.490. The highest BCUT2D eigenvalue weighted by Gasteiger charge is 2.14. The van der Waals surface area contributed by atoms with E-state index in [0.717, 1.165) is 0 Å². The molecule has 0 atom stereocenters. The summed E-state index contributed by atoms with van der Waals surface area (Å²) in [5.41, 5.74) is 1.07. The fourth-order valence-electron chi connectivity index (χ4n) is 1.95. The van der Waals surface area contributed by atoms with Crippen LogP contribution in [0.25, 0.3) is 0 Å². The summed E-state index contributed by atoms with van der Waals surface area (Å²) in [6.07, 6.45) is 2.84. The van der Waals surface area contributed by atoms with Crippen LogP contribution in [0.1, 0.15) is 10.4 Å². The van der Waals surface area contributed by atoms with Gasteiger partial charge in [0.25, 0.3) is 0 Å². The first kappa shape index (κ1) is 14.4. The number of ketones is 1. The Hall–Kier alpha value is -2.53. The summed E-state index contributed by atoms with van der Waals surface area (Å²) >= 11 is 5.67. The maximum atomic E-state index is 13.0. The number of fused-ring (bicyclic) bond motifs is 1. The number of benzene rings is 2. The first-order valence-corrected chi connectivity index (χ1v) is 6.83. The first-order chi connectivity index (χ1) is 10.6. The van der Waals surface area contributed by atoms with Crippen molar-refractivity contribution in [3.63, 3.8) is 0 Å². The van der Waals surface area contributed by atoms with E-state index in [4.69, 9.17) is 21.1 Å². The molecule has 2 aromatic rings. The third-order valence-electron chi connectivity index (χ3n) is 3.06. The summed E-state index contributed by atoms with van der Waals surface area (Å²) in [6.45, 7) is 0.162. The smallest absolute Gasteiger partial charge is 0.231 e. The molecule has 3 rings (SSSR count). The van der Waals surface area contributed by atoms with Crippen molar-refractivity contribution < 1.29 is 18.7 Å². The van der Waals surface area contributed by atoms with Crippen LogP contribution in [0, 0.1) is 5.82 Å². The average Bonchev–Trinajstić information content (AvgIpc) is 2.98. The topological polar surface area (TPSA) is 47.6 Å². The SMILES string of the molecule is O=C(C=CNc1ccc(F)c(Cl)c1)c1ccc2c(c1)OCO2. The van der Waals surface area contributed by atoms with E-state index in [1.165, 1.54) is 30.5 Å². The number of carbonyl (C=O) groups excluding carboxylic acids is 1. The normalized spacial score (nSPS) is 12.6. The largest absolute Gasteiger partial charge is 0.454 e. The Labute approximate surface area is 131 Å². The van der Waals surface area contributed by atoms with Gasteiger partial charge in [0.2, 0.25) is 6.79 Å². The van der Waals surface area contributed by atoms with Gasteiger partial charge in [-0.15, -0.1) is 0 Å². The van der Waals surface area contributed by atoms with Crippen LogP contribution in [0.15, 0.2) is 48.7 Å². The number of rotatable bonds is 4. The number of anilines is 1. The van der Waals surface area contributed by atoms with Crippen molar-refractivity contribution >= 4 is 23.1 Å². The number of ether oxygens (including phenoxy) is 2. The van der Waals surface area contributed by atoms with Crippen molar-refractivity contribution in [2.45, 2.75) is 0 Å². The van der Waals surface area contributed by atoms with Crippen molar-refractivity contribution in [3.8, 4) is 11.5 Å². The zero-order valence-corrected chi connectivity index (χ0v) is 12.1. The molecule has 0 aromatic heterocycles. The highest BCUT2D eigenvalue weighted by molar-refractivity contribution is 6.31. The molecule has 0 fully saturated rings. The minimum Gasteiger partial charge on any atom is -0.454 e.